The largest absolute Gasteiger partial charge is 0.497 e. The normalized spacial score (nSPS) is 15.6. The number of benzene rings is 2. The zero-order valence-electron chi connectivity index (χ0n) is 14.0. The molecular formula is C20H20N2O3. The highest BCUT2D eigenvalue weighted by Gasteiger charge is 2.28. The van der Waals surface area contributed by atoms with Gasteiger partial charge in [-0.3, -0.25) is 4.79 Å². The summed E-state index contributed by atoms with van der Waals surface area (Å²) in [4.78, 5) is 15.6. The predicted molar refractivity (Wildman–Crippen MR) is 96.1 cm³/mol. The van der Waals surface area contributed by atoms with Gasteiger partial charge in [0.2, 0.25) is 0 Å². The number of hydrogen-bond donors (Lipinski definition) is 2. The molecule has 4 rings (SSSR count). The Morgan fingerprint density at radius 3 is 3.04 bits per heavy atom. The van der Waals surface area contributed by atoms with Crippen molar-refractivity contribution < 1.29 is 14.3 Å². The highest BCUT2D eigenvalue weighted by molar-refractivity contribution is 5.85. The molecule has 1 aromatic heterocycles. The molecule has 1 aliphatic heterocycles. The molecule has 1 amide bonds. The van der Waals surface area contributed by atoms with Crippen molar-refractivity contribution in [1.29, 1.82) is 0 Å². The topological polar surface area (TPSA) is 63.3 Å². The van der Waals surface area contributed by atoms with Crippen molar-refractivity contribution in [1.82, 2.24) is 10.3 Å². The van der Waals surface area contributed by atoms with Crippen molar-refractivity contribution in [3.05, 3.63) is 59.8 Å². The number of para-hydroxylation sites is 1. The number of hydrogen-bond acceptors (Lipinski definition) is 3. The number of aromatic nitrogens is 1. The average molecular weight is 336 g/mol. The Kier molecular flexibility index (Phi) is 4.06. The third-order valence-electron chi connectivity index (χ3n) is 4.61. The zero-order chi connectivity index (χ0) is 17.2. The first-order chi connectivity index (χ1) is 12.2. The van der Waals surface area contributed by atoms with E-state index >= 15 is 0 Å². The number of carbonyl (C=O) groups is 1. The molecule has 0 fully saturated rings. The van der Waals surface area contributed by atoms with Crippen molar-refractivity contribution in [2.75, 3.05) is 13.7 Å². The lowest BCUT2D eigenvalue weighted by Gasteiger charge is -2.11. The third kappa shape index (κ3) is 3.05. The molecule has 0 saturated heterocycles. The first-order valence-electron chi connectivity index (χ1n) is 8.41. The van der Waals surface area contributed by atoms with E-state index in [1.54, 1.807) is 7.11 Å². The van der Waals surface area contributed by atoms with Crippen LogP contribution in [0.5, 0.6) is 11.5 Å². The number of methoxy groups -OCH3 is 1. The van der Waals surface area contributed by atoms with Gasteiger partial charge in [-0.05, 0) is 41.8 Å². The average Bonchev–Trinajstić information content (AvgIpc) is 3.25. The summed E-state index contributed by atoms with van der Waals surface area (Å²) in [6.45, 7) is 0.569. The van der Waals surface area contributed by atoms with E-state index < -0.39 is 6.10 Å². The first-order valence-corrected chi connectivity index (χ1v) is 8.41. The van der Waals surface area contributed by atoms with E-state index in [0.717, 1.165) is 39.9 Å². The summed E-state index contributed by atoms with van der Waals surface area (Å²) < 4.78 is 11.0. The number of amides is 1. The van der Waals surface area contributed by atoms with Gasteiger partial charge < -0.3 is 19.8 Å². The molecule has 128 valence electrons. The quantitative estimate of drug-likeness (QED) is 0.753. The van der Waals surface area contributed by atoms with Crippen LogP contribution >= 0.6 is 0 Å². The van der Waals surface area contributed by atoms with Crippen LogP contribution in [0, 0.1) is 0 Å². The molecule has 0 aliphatic carbocycles. The Bertz CT molecular complexity index is 891. The molecule has 2 aromatic carbocycles. The van der Waals surface area contributed by atoms with Gasteiger partial charge in [0, 0.05) is 30.1 Å². The molecule has 0 saturated carbocycles. The van der Waals surface area contributed by atoms with E-state index in [0.29, 0.717) is 13.0 Å². The molecule has 0 radical (unpaired) electrons. The second-order valence-corrected chi connectivity index (χ2v) is 6.18. The van der Waals surface area contributed by atoms with Gasteiger partial charge in [0.05, 0.1) is 7.11 Å². The molecular weight excluding hydrogens is 316 g/mol. The van der Waals surface area contributed by atoms with Crippen molar-refractivity contribution in [3.8, 4) is 11.5 Å². The summed E-state index contributed by atoms with van der Waals surface area (Å²) in [7, 11) is 1.66. The van der Waals surface area contributed by atoms with Gasteiger partial charge in [-0.15, -0.1) is 0 Å². The first kappa shape index (κ1) is 15.6. The van der Waals surface area contributed by atoms with Crippen LogP contribution in [0.2, 0.25) is 0 Å². The lowest BCUT2D eigenvalue weighted by atomic mass is 10.1. The second kappa shape index (κ2) is 6.51. The minimum absolute atomic E-state index is 0.0615. The van der Waals surface area contributed by atoms with E-state index in [-0.39, 0.29) is 5.91 Å². The Morgan fingerprint density at radius 1 is 1.32 bits per heavy atom. The molecule has 1 unspecified atom stereocenters. The molecule has 1 atom stereocenters. The van der Waals surface area contributed by atoms with Crippen LogP contribution in [0.3, 0.4) is 0 Å². The number of H-pyrrole nitrogens is 1. The Morgan fingerprint density at radius 2 is 2.20 bits per heavy atom. The van der Waals surface area contributed by atoms with E-state index in [9.17, 15) is 4.79 Å². The number of fused-ring (bicyclic) bond motifs is 2. The maximum atomic E-state index is 12.3. The maximum Gasteiger partial charge on any atom is 0.261 e. The van der Waals surface area contributed by atoms with E-state index in [4.69, 9.17) is 9.47 Å². The minimum Gasteiger partial charge on any atom is -0.497 e. The van der Waals surface area contributed by atoms with Crippen LogP contribution in [0.1, 0.15) is 11.1 Å². The fraction of sp³-hybridized carbons (Fsp3) is 0.250. The number of carbonyl (C=O) groups excluding carboxylic acids is 1. The van der Waals surface area contributed by atoms with Crippen molar-refractivity contribution in [2.24, 2.45) is 0 Å². The van der Waals surface area contributed by atoms with Gasteiger partial charge in [-0.1, -0.05) is 18.2 Å². The molecule has 0 spiro atoms. The van der Waals surface area contributed by atoms with Crippen molar-refractivity contribution in [2.45, 2.75) is 18.9 Å². The fourth-order valence-corrected chi connectivity index (χ4v) is 3.25. The molecule has 5 nitrogen and oxygen atoms in total. The van der Waals surface area contributed by atoms with Gasteiger partial charge in [-0.2, -0.15) is 0 Å². The summed E-state index contributed by atoms with van der Waals surface area (Å²) in [6, 6.07) is 13.7. The van der Waals surface area contributed by atoms with Crippen LogP contribution in [-0.2, 0) is 17.6 Å². The van der Waals surface area contributed by atoms with Crippen LogP contribution in [0.25, 0.3) is 10.9 Å². The van der Waals surface area contributed by atoms with Crippen molar-refractivity contribution in [3.63, 3.8) is 0 Å². The number of rotatable bonds is 5. The molecule has 3 aromatic rings. The molecule has 2 N–H and O–H groups in total. The molecule has 0 bridgehead atoms. The SMILES string of the molecule is COc1ccc2[nH]cc(CCNC(=O)C3Cc4ccccc4O3)c2c1. The maximum absolute atomic E-state index is 12.3. The van der Waals surface area contributed by atoms with Gasteiger partial charge in [0.15, 0.2) is 6.10 Å². The zero-order valence-corrected chi connectivity index (χ0v) is 14.0. The van der Waals surface area contributed by atoms with E-state index in [1.165, 1.54) is 0 Å². The highest BCUT2D eigenvalue weighted by Crippen LogP contribution is 2.28. The van der Waals surface area contributed by atoms with Crippen LogP contribution < -0.4 is 14.8 Å². The smallest absolute Gasteiger partial charge is 0.261 e. The number of aromatic amines is 1. The summed E-state index contributed by atoms with van der Waals surface area (Å²) in [5.41, 5.74) is 3.31. The van der Waals surface area contributed by atoms with Gasteiger partial charge in [-0.25, -0.2) is 0 Å². The molecule has 25 heavy (non-hydrogen) atoms. The number of ether oxygens (including phenoxy) is 2. The Labute approximate surface area is 146 Å². The third-order valence-corrected chi connectivity index (χ3v) is 4.61. The van der Waals surface area contributed by atoms with E-state index in [2.05, 4.69) is 10.3 Å². The molecule has 2 heterocycles. The summed E-state index contributed by atoms with van der Waals surface area (Å²) in [5.74, 6) is 1.58. The highest BCUT2D eigenvalue weighted by atomic mass is 16.5. The predicted octanol–water partition coefficient (Wildman–Crippen LogP) is 2.84. The summed E-state index contributed by atoms with van der Waals surface area (Å²) in [6.07, 6.45) is 2.93. The minimum atomic E-state index is -0.430. The van der Waals surface area contributed by atoms with E-state index in [1.807, 2.05) is 48.7 Å². The fourth-order valence-electron chi connectivity index (χ4n) is 3.25. The van der Waals surface area contributed by atoms with Gasteiger partial charge in [0.25, 0.3) is 5.91 Å². The van der Waals surface area contributed by atoms with Crippen LogP contribution in [0.4, 0.5) is 0 Å². The summed E-state index contributed by atoms with van der Waals surface area (Å²) in [5, 5.41) is 4.11. The van der Waals surface area contributed by atoms with Crippen molar-refractivity contribution >= 4 is 16.8 Å². The Hall–Kier alpha value is -2.95. The van der Waals surface area contributed by atoms with Gasteiger partial charge >= 0.3 is 0 Å². The lowest BCUT2D eigenvalue weighted by molar-refractivity contribution is -0.127. The monoisotopic (exact) mass is 336 g/mol. The molecule has 1 aliphatic rings. The second-order valence-electron chi connectivity index (χ2n) is 6.18. The lowest BCUT2D eigenvalue weighted by Crippen LogP contribution is -2.38. The Balaban J connectivity index is 1.36. The summed E-state index contributed by atoms with van der Waals surface area (Å²) >= 11 is 0. The van der Waals surface area contributed by atoms with Gasteiger partial charge in [0.1, 0.15) is 11.5 Å². The standard InChI is InChI=1S/C20H20N2O3/c1-24-15-6-7-17-16(11-15)14(12-22-17)8-9-21-20(23)19-10-13-4-2-3-5-18(13)25-19/h2-7,11-12,19,22H,8-10H2,1H3,(H,21,23). The molecule has 5 heteroatoms. The number of nitrogens with one attached hydrogen (secondary N) is 2. The van der Waals surface area contributed by atoms with Crippen LogP contribution in [-0.4, -0.2) is 30.6 Å². The van der Waals surface area contributed by atoms with Crippen LogP contribution in [0.15, 0.2) is 48.7 Å².